The van der Waals surface area contributed by atoms with Crippen molar-refractivity contribution in [3.63, 3.8) is 0 Å². The third-order valence-corrected chi connectivity index (χ3v) is 2.69. The molecule has 0 saturated carbocycles. The molecule has 2 nitrogen and oxygen atoms in total. The molecular weight excluding hydrogens is 238 g/mol. The highest BCUT2D eigenvalue weighted by atomic mass is 19.1. The first-order valence-electron chi connectivity index (χ1n) is 5.28. The topological polar surface area (TPSA) is 37.3 Å². The molecule has 0 aliphatic carbocycles. The number of aromatic carboxylic acids is 1. The number of aryl methyl sites for hydroxylation is 1. The maximum atomic E-state index is 13.5. The molecule has 0 saturated heterocycles. The van der Waals surface area contributed by atoms with Crippen molar-refractivity contribution in [3.05, 3.63) is 59.2 Å². The average Bonchev–Trinajstić information content (AvgIpc) is 2.32. The second-order valence-corrected chi connectivity index (χ2v) is 3.96. The molecule has 0 radical (unpaired) electrons. The van der Waals surface area contributed by atoms with Crippen LogP contribution < -0.4 is 0 Å². The Hall–Kier alpha value is -2.23. The van der Waals surface area contributed by atoms with Gasteiger partial charge in [-0.25, -0.2) is 13.6 Å². The molecule has 0 unspecified atom stereocenters. The second kappa shape index (κ2) is 4.56. The Kier molecular flexibility index (Phi) is 3.10. The molecule has 0 aromatic heterocycles. The van der Waals surface area contributed by atoms with Crippen LogP contribution in [0.2, 0.25) is 0 Å². The highest BCUT2D eigenvalue weighted by molar-refractivity contribution is 5.96. The first-order chi connectivity index (χ1) is 8.49. The number of carbonyl (C=O) groups is 1. The Labute approximate surface area is 103 Å². The highest BCUT2D eigenvalue weighted by Crippen LogP contribution is 2.26. The summed E-state index contributed by atoms with van der Waals surface area (Å²) in [7, 11) is 0. The number of hydrogen-bond acceptors (Lipinski definition) is 1. The van der Waals surface area contributed by atoms with Crippen molar-refractivity contribution in [3.8, 4) is 11.1 Å². The van der Waals surface area contributed by atoms with Crippen molar-refractivity contribution in [2.24, 2.45) is 0 Å². The zero-order valence-corrected chi connectivity index (χ0v) is 9.58. The van der Waals surface area contributed by atoms with Gasteiger partial charge in [0.05, 0.1) is 5.56 Å². The van der Waals surface area contributed by atoms with Gasteiger partial charge in [-0.2, -0.15) is 0 Å². The third kappa shape index (κ3) is 2.22. The number of halogens is 2. The van der Waals surface area contributed by atoms with Crippen molar-refractivity contribution < 1.29 is 18.7 Å². The van der Waals surface area contributed by atoms with Crippen LogP contribution in [0.15, 0.2) is 36.4 Å². The van der Waals surface area contributed by atoms with Gasteiger partial charge >= 0.3 is 5.97 Å². The predicted octanol–water partition coefficient (Wildman–Crippen LogP) is 3.64. The average molecular weight is 248 g/mol. The van der Waals surface area contributed by atoms with Crippen LogP contribution >= 0.6 is 0 Å². The summed E-state index contributed by atoms with van der Waals surface area (Å²) >= 11 is 0. The summed E-state index contributed by atoms with van der Waals surface area (Å²) in [5.41, 5.74) is 0.995. The lowest BCUT2D eigenvalue weighted by Gasteiger charge is -2.07. The summed E-state index contributed by atoms with van der Waals surface area (Å²) in [5, 5.41) is 9.01. The van der Waals surface area contributed by atoms with E-state index in [0.29, 0.717) is 16.7 Å². The van der Waals surface area contributed by atoms with E-state index in [4.69, 9.17) is 5.11 Å². The highest BCUT2D eigenvalue weighted by Gasteiger charge is 2.13. The Morgan fingerprint density at radius 3 is 2.44 bits per heavy atom. The van der Waals surface area contributed by atoms with Gasteiger partial charge in [0.15, 0.2) is 0 Å². The molecule has 0 fully saturated rings. The van der Waals surface area contributed by atoms with E-state index in [0.717, 1.165) is 12.1 Å². The molecule has 92 valence electrons. The van der Waals surface area contributed by atoms with Crippen molar-refractivity contribution in [2.75, 3.05) is 0 Å². The Morgan fingerprint density at radius 2 is 1.83 bits per heavy atom. The third-order valence-electron chi connectivity index (χ3n) is 2.69. The molecule has 1 N–H and O–H groups in total. The van der Waals surface area contributed by atoms with E-state index in [1.165, 1.54) is 12.1 Å². The first-order valence-corrected chi connectivity index (χ1v) is 5.28. The molecule has 2 aromatic rings. The predicted molar refractivity (Wildman–Crippen MR) is 63.5 cm³/mol. The standard InChI is InChI=1S/C14H10F2O2/c1-8-2-3-9(6-13(8)16)11-5-4-10(15)7-12(11)14(17)18/h2-7H,1H3,(H,17,18). The van der Waals surface area contributed by atoms with Crippen molar-refractivity contribution in [1.82, 2.24) is 0 Å². The number of rotatable bonds is 2. The molecule has 0 heterocycles. The lowest BCUT2D eigenvalue weighted by Crippen LogP contribution is -2.00. The summed E-state index contributed by atoms with van der Waals surface area (Å²) in [6, 6.07) is 7.82. The molecule has 0 bridgehead atoms. The van der Waals surface area contributed by atoms with Gasteiger partial charge in [0.25, 0.3) is 0 Å². The van der Waals surface area contributed by atoms with Gasteiger partial charge in [0.1, 0.15) is 11.6 Å². The fraction of sp³-hybridized carbons (Fsp3) is 0.0714. The first kappa shape index (κ1) is 12.2. The van der Waals surface area contributed by atoms with E-state index in [9.17, 15) is 13.6 Å². The smallest absolute Gasteiger partial charge is 0.336 e. The van der Waals surface area contributed by atoms with Crippen LogP contribution in [0.5, 0.6) is 0 Å². The second-order valence-electron chi connectivity index (χ2n) is 3.96. The summed E-state index contributed by atoms with van der Waals surface area (Å²) < 4.78 is 26.5. The minimum atomic E-state index is -1.24. The van der Waals surface area contributed by atoms with Gasteiger partial charge in [-0.05, 0) is 41.8 Å². The lowest BCUT2D eigenvalue weighted by molar-refractivity contribution is 0.0697. The number of benzene rings is 2. The molecule has 0 spiro atoms. The molecule has 0 aliphatic heterocycles. The molecule has 4 heteroatoms. The quantitative estimate of drug-likeness (QED) is 0.880. The summed E-state index contributed by atoms with van der Waals surface area (Å²) in [6.45, 7) is 1.61. The van der Waals surface area contributed by atoms with Crippen LogP contribution in [0, 0.1) is 18.6 Å². The number of hydrogen-bond donors (Lipinski definition) is 1. The summed E-state index contributed by atoms with van der Waals surface area (Å²) in [4.78, 5) is 11.0. The molecule has 2 rings (SSSR count). The van der Waals surface area contributed by atoms with E-state index >= 15 is 0 Å². The maximum Gasteiger partial charge on any atom is 0.336 e. The van der Waals surface area contributed by atoms with E-state index in [2.05, 4.69) is 0 Å². The van der Waals surface area contributed by atoms with E-state index < -0.39 is 17.6 Å². The zero-order valence-electron chi connectivity index (χ0n) is 9.58. The SMILES string of the molecule is Cc1ccc(-c2ccc(F)cc2C(=O)O)cc1F. The van der Waals surface area contributed by atoms with Gasteiger partial charge in [-0.1, -0.05) is 18.2 Å². The molecular formula is C14H10F2O2. The zero-order chi connectivity index (χ0) is 13.3. The van der Waals surface area contributed by atoms with Gasteiger partial charge in [0.2, 0.25) is 0 Å². The number of carboxylic acid groups (broad SMARTS) is 1. The fourth-order valence-electron chi connectivity index (χ4n) is 1.71. The van der Waals surface area contributed by atoms with Crippen molar-refractivity contribution in [2.45, 2.75) is 6.92 Å². The minimum absolute atomic E-state index is 0.182. The molecule has 0 aliphatic rings. The van der Waals surface area contributed by atoms with E-state index in [1.807, 2.05) is 0 Å². The Morgan fingerprint density at radius 1 is 1.11 bits per heavy atom. The Balaban J connectivity index is 2.63. The van der Waals surface area contributed by atoms with Gasteiger partial charge in [-0.3, -0.25) is 0 Å². The van der Waals surface area contributed by atoms with Crippen LogP contribution in [-0.2, 0) is 0 Å². The van der Waals surface area contributed by atoms with Crippen LogP contribution in [0.4, 0.5) is 8.78 Å². The minimum Gasteiger partial charge on any atom is -0.478 e. The van der Waals surface area contributed by atoms with Gasteiger partial charge < -0.3 is 5.11 Å². The van der Waals surface area contributed by atoms with Gasteiger partial charge in [-0.15, -0.1) is 0 Å². The molecule has 2 aromatic carbocycles. The summed E-state index contributed by atoms with van der Waals surface area (Å²) in [5.74, 6) is -2.30. The van der Waals surface area contributed by atoms with Crippen LogP contribution in [0.25, 0.3) is 11.1 Å². The van der Waals surface area contributed by atoms with Gasteiger partial charge in [0, 0.05) is 0 Å². The van der Waals surface area contributed by atoms with E-state index in [-0.39, 0.29) is 5.56 Å². The summed E-state index contributed by atoms with van der Waals surface area (Å²) in [6.07, 6.45) is 0. The normalized spacial score (nSPS) is 10.4. The van der Waals surface area contributed by atoms with Crippen molar-refractivity contribution in [1.29, 1.82) is 0 Å². The molecule has 0 amide bonds. The monoisotopic (exact) mass is 248 g/mol. The molecule has 18 heavy (non-hydrogen) atoms. The largest absolute Gasteiger partial charge is 0.478 e. The number of carboxylic acids is 1. The van der Waals surface area contributed by atoms with Crippen LogP contribution in [0.3, 0.4) is 0 Å². The fourth-order valence-corrected chi connectivity index (χ4v) is 1.71. The molecule has 0 atom stereocenters. The van der Waals surface area contributed by atoms with E-state index in [1.54, 1.807) is 19.1 Å². The Bertz CT molecular complexity index is 621. The van der Waals surface area contributed by atoms with Crippen LogP contribution in [0.1, 0.15) is 15.9 Å². The lowest BCUT2D eigenvalue weighted by atomic mass is 9.98. The van der Waals surface area contributed by atoms with Crippen molar-refractivity contribution >= 4 is 5.97 Å². The maximum absolute atomic E-state index is 13.5. The van der Waals surface area contributed by atoms with Crippen LogP contribution in [-0.4, -0.2) is 11.1 Å².